The molecule has 1 heterocycles. The normalized spacial score (nSPS) is 23.0. The van der Waals surface area contributed by atoms with E-state index in [0.29, 0.717) is 24.4 Å². The Balaban J connectivity index is 1.84. The van der Waals surface area contributed by atoms with Gasteiger partial charge >= 0.3 is 0 Å². The number of nitrogens with zero attached hydrogens (tertiary/aromatic N) is 2. The molecule has 0 bridgehead atoms. The van der Waals surface area contributed by atoms with Gasteiger partial charge in [-0.2, -0.15) is 0 Å². The summed E-state index contributed by atoms with van der Waals surface area (Å²) in [6, 6.07) is 2.17. The summed E-state index contributed by atoms with van der Waals surface area (Å²) in [5, 5.41) is 3.32. The first-order chi connectivity index (χ1) is 8.79. The number of anilines is 1. The zero-order valence-electron chi connectivity index (χ0n) is 10.9. The molecule has 2 unspecified atom stereocenters. The van der Waals surface area contributed by atoms with Gasteiger partial charge in [-0.3, -0.25) is 0 Å². The van der Waals surface area contributed by atoms with Gasteiger partial charge in [-0.05, 0) is 25.2 Å². The van der Waals surface area contributed by atoms with E-state index in [9.17, 15) is 0 Å². The van der Waals surface area contributed by atoms with Crippen LogP contribution < -0.4 is 15.8 Å². The van der Waals surface area contributed by atoms with Crippen molar-refractivity contribution in [2.24, 2.45) is 11.7 Å². The monoisotopic (exact) mass is 250 g/mol. The van der Waals surface area contributed by atoms with Gasteiger partial charge in [0.1, 0.15) is 12.1 Å². The van der Waals surface area contributed by atoms with Gasteiger partial charge < -0.3 is 15.8 Å². The van der Waals surface area contributed by atoms with Gasteiger partial charge in [0, 0.05) is 18.7 Å². The lowest BCUT2D eigenvalue weighted by molar-refractivity contribution is 0.305. The molecule has 2 rings (SSSR count). The quantitative estimate of drug-likeness (QED) is 0.805. The first kappa shape index (κ1) is 13.1. The first-order valence-corrected chi connectivity index (χ1v) is 6.74. The highest BCUT2D eigenvalue weighted by Gasteiger charge is 2.23. The molecule has 5 heteroatoms. The molecule has 0 aliphatic heterocycles. The Hall–Kier alpha value is -1.36. The SMILES string of the molecule is CCCOc1cc(NCC2CCCC2N)ncn1. The summed E-state index contributed by atoms with van der Waals surface area (Å²) in [6.45, 7) is 3.64. The van der Waals surface area contributed by atoms with Crippen LogP contribution in [0.1, 0.15) is 32.6 Å². The van der Waals surface area contributed by atoms with E-state index in [1.54, 1.807) is 0 Å². The van der Waals surface area contributed by atoms with Crippen molar-refractivity contribution >= 4 is 5.82 Å². The van der Waals surface area contributed by atoms with Crippen LogP contribution in [0.3, 0.4) is 0 Å². The Morgan fingerprint density at radius 3 is 3.06 bits per heavy atom. The fourth-order valence-electron chi connectivity index (χ4n) is 2.28. The zero-order chi connectivity index (χ0) is 12.8. The fourth-order valence-corrected chi connectivity index (χ4v) is 2.28. The van der Waals surface area contributed by atoms with Crippen molar-refractivity contribution in [1.82, 2.24) is 9.97 Å². The van der Waals surface area contributed by atoms with Crippen molar-refractivity contribution in [1.29, 1.82) is 0 Å². The average molecular weight is 250 g/mol. The van der Waals surface area contributed by atoms with Crippen molar-refractivity contribution in [3.8, 4) is 5.88 Å². The van der Waals surface area contributed by atoms with Gasteiger partial charge in [-0.15, -0.1) is 0 Å². The summed E-state index contributed by atoms with van der Waals surface area (Å²) >= 11 is 0. The lowest BCUT2D eigenvalue weighted by Crippen LogP contribution is -2.29. The fraction of sp³-hybridized carbons (Fsp3) is 0.692. The van der Waals surface area contributed by atoms with Crippen molar-refractivity contribution in [2.45, 2.75) is 38.6 Å². The minimum absolute atomic E-state index is 0.329. The zero-order valence-corrected chi connectivity index (χ0v) is 10.9. The second-order valence-electron chi connectivity index (χ2n) is 4.83. The summed E-state index contributed by atoms with van der Waals surface area (Å²) in [7, 11) is 0. The molecule has 18 heavy (non-hydrogen) atoms. The van der Waals surface area contributed by atoms with Crippen LogP contribution in [-0.2, 0) is 0 Å². The molecule has 0 amide bonds. The standard InChI is InChI=1S/C13H22N4O/c1-2-6-18-13-7-12(16-9-17-13)15-8-10-4-3-5-11(10)14/h7,9-11H,2-6,8,14H2,1H3,(H,15,16,17). The third kappa shape index (κ3) is 3.57. The summed E-state index contributed by atoms with van der Waals surface area (Å²) in [4.78, 5) is 8.26. The van der Waals surface area contributed by atoms with Gasteiger partial charge in [-0.1, -0.05) is 13.3 Å². The average Bonchev–Trinajstić information content (AvgIpc) is 2.80. The largest absolute Gasteiger partial charge is 0.478 e. The Kier molecular flexibility index (Phi) is 4.75. The molecule has 1 saturated carbocycles. The van der Waals surface area contributed by atoms with E-state index in [2.05, 4.69) is 22.2 Å². The lowest BCUT2D eigenvalue weighted by atomic mass is 10.1. The van der Waals surface area contributed by atoms with E-state index in [4.69, 9.17) is 10.5 Å². The highest BCUT2D eigenvalue weighted by Crippen LogP contribution is 2.24. The van der Waals surface area contributed by atoms with Gasteiger partial charge in [0.2, 0.25) is 5.88 Å². The van der Waals surface area contributed by atoms with Crippen molar-refractivity contribution in [3.63, 3.8) is 0 Å². The molecule has 1 aliphatic carbocycles. The molecular weight excluding hydrogens is 228 g/mol. The van der Waals surface area contributed by atoms with Gasteiger partial charge in [0.15, 0.2) is 0 Å². The Morgan fingerprint density at radius 2 is 2.33 bits per heavy atom. The molecule has 1 aromatic rings. The van der Waals surface area contributed by atoms with Crippen molar-refractivity contribution < 1.29 is 4.74 Å². The summed E-state index contributed by atoms with van der Waals surface area (Å²) in [5.74, 6) is 2.00. The van der Waals surface area contributed by atoms with Gasteiger partial charge in [-0.25, -0.2) is 9.97 Å². The van der Waals surface area contributed by atoms with Crippen molar-refractivity contribution in [3.05, 3.63) is 12.4 Å². The van der Waals surface area contributed by atoms with E-state index < -0.39 is 0 Å². The second-order valence-corrected chi connectivity index (χ2v) is 4.83. The molecule has 0 aromatic carbocycles. The summed E-state index contributed by atoms with van der Waals surface area (Å²) in [5.41, 5.74) is 6.04. The van der Waals surface area contributed by atoms with Crippen LogP contribution in [-0.4, -0.2) is 29.2 Å². The Morgan fingerprint density at radius 1 is 1.44 bits per heavy atom. The summed E-state index contributed by atoms with van der Waals surface area (Å²) in [6.07, 6.45) is 6.09. The third-order valence-electron chi connectivity index (χ3n) is 3.36. The number of aromatic nitrogens is 2. The minimum atomic E-state index is 0.329. The van der Waals surface area contributed by atoms with Gasteiger partial charge in [0.25, 0.3) is 0 Å². The van der Waals surface area contributed by atoms with E-state index in [1.807, 2.05) is 6.07 Å². The molecule has 2 atom stereocenters. The van der Waals surface area contributed by atoms with Gasteiger partial charge in [0.05, 0.1) is 6.61 Å². The molecule has 3 N–H and O–H groups in total. The second kappa shape index (κ2) is 6.54. The number of hydrogen-bond donors (Lipinski definition) is 2. The highest BCUT2D eigenvalue weighted by molar-refractivity contribution is 5.37. The summed E-state index contributed by atoms with van der Waals surface area (Å²) < 4.78 is 5.47. The van der Waals surface area contributed by atoms with E-state index in [0.717, 1.165) is 25.2 Å². The smallest absolute Gasteiger partial charge is 0.218 e. The van der Waals surface area contributed by atoms with Crippen LogP contribution >= 0.6 is 0 Å². The molecule has 0 spiro atoms. The number of ether oxygens (including phenoxy) is 1. The van der Waals surface area contributed by atoms with Crippen LogP contribution in [0.4, 0.5) is 5.82 Å². The molecule has 0 radical (unpaired) electrons. The third-order valence-corrected chi connectivity index (χ3v) is 3.36. The highest BCUT2D eigenvalue weighted by atomic mass is 16.5. The number of rotatable bonds is 6. The Labute approximate surface area is 108 Å². The maximum Gasteiger partial charge on any atom is 0.218 e. The van der Waals surface area contributed by atoms with E-state index in [1.165, 1.54) is 19.2 Å². The number of nitrogens with one attached hydrogen (secondary N) is 1. The maximum absolute atomic E-state index is 6.04. The topological polar surface area (TPSA) is 73.1 Å². The van der Waals surface area contributed by atoms with E-state index >= 15 is 0 Å². The minimum Gasteiger partial charge on any atom is -0.478 e. The first-order valence-electron chi connectivity index (χ1n) is 6.74. The number of nitrogens with two attached hydrogens (primary N) is 1. The molecular formula is C13H22N4O. The molecule has 0 saturated heterocycles. The molecule has 1 aliphatic rings. The maximum atomic E-state index is 6.04. The van der Waals surface area contributed by atoms with Crippen LogP contribution in [0, 0.1) is 5.92 Å². The van der Waals surface area contributed by atoms with E-state index in [-0.39, 0.29) is 0 Å². The predicted molar refractivity (Wildman–Crippen MR) is 71.6 cm³/mol. The van der Waals surface area contributed by atoms with Crippen LogP contribution in [0.25, 0.3) is 0 Å². The van der Waals surface area contributed by atoms with Crippen LogP contribution in [0.2, 0.25) is 0 Å². The number of hydrogen-bond acceptors (Lipinski definition) is 5. The molecule has 1 fully saturated rings. The molecule has 100 valence electrons. The molecule has 5 nitrogen and oxygen atoms in total. The van der Waals surface area contributed by atoms with Crippen LogP contribution in [0.15, 0.2) is 12.4 Å². The lowest BCUT2D eigenvalue weighted by Gasteiger charge is -2.16. The predicted octanol–water partition coefficient (Wildman–Crippen LogP) is 1.80. The Bertz CT molecular complexity index is 372. The van der Waals surface area contributed by atoms with Crippen LogP contribution in [0.5, 0.6) is 5.88 Å². The van der Waals surface area contributed by atoms with Crippen molar-refractivity contribution in [2.75, 3.05) is 18.5 Å². The molecule has 1 aromatic heterocycles.